The second kappa shape index (κ2) is 5.53. The van der Waals surface area contributed by atoms with Crippen molar-refractivity contribution in [1.82, 2.24) is 9.97 Å². The number of rotatable bonds is 3. The van der Waals surface area contributed by atoms with Crippen LogP contribution in [0, 0.1) is 5.21 Å². The van der Waals surface area contributed by atoms with Crippen molar-refractivity contribution in [2.45, 2.75) is 32.2 Å². The molecule has 3 aromatic rings. The van der Waals surface area contributed by atoms with E-state index >= 15 is 0 Å². The SMILES string of the molecule is [O-][n+]1cccc(CNc2ncnc3sc4c(c23)CCCC4)c1. The van der Waals surface area contributed by atoms with E-state index in [-0.39, 0.29) is 0 Å². The van der Waals surface area contributed by atoms with Crippen LogP contribution < -0.4 is 10.0 Å². The highest BCUT2D eigenvalue weighted by atomic mass is 32.1. The van der Waals surface area contributed by atoms with Gasteiger partial charge in [0, 0.05) is 23.1 Å². The minimum absolute atomic E-state index is 0.583. The van der Waals surface area contributed by atoms with Crippen LogP contribution in [0.15, 0.2) is 30.9 Å². The van der Waals surface area contributed by atoms with Crippen LogP contribution in [-0.4, -0.2) is 9.97 Å². The first-order valence-electron chi connectivity index (χ1n) is 7.48. The van der Waals surface area contributed by atoms with Gasteiger partial charge in [-0.25, -0.2) is 9.97 Å². The lowest BCUT2D eigenvalue weighted by molar-refractivity contribution is -0.605. The Hall–Kier alpha value is -2.21. The van der Waals surface area contributed by atoms with Gasteiger partial charge in [-0.1, -0.05) is 0 Å². The Morgan fingerprint density at radius 2 is 2.18 bits per heavy atom. The number of nitrogens with zero attached hydrogens (tertiary/aromatic N) is 3. The van der Waals surface area contributed by atoms with Crippen molar-refractivity contribution >= 4 is 27.4 Å². The van der Waals surface area contributed by atoms with E-state index in [0.717, 1.165) is 33.8 Å². The van der Waals surface area contributed by atoms with Gasteiger partial charge in [-0.3, -0.25) is 0 Å². The number of fused-ring (bicyclic) bond motifs is 3. The van der Waals surface area contributed by atoms with E-state index in [2.05, 4.69) is 15.3 Å². The van der Waals surface area contributed by atoms with Gasteiger partial charge in [0.1, 0.15) is 17.0 Å². The van der Waals surface area contributed by atoms with Gasteiger partial charge in [0.05, 0.1) is 5.39 Å². The van der Waals surface area contributed by atoms with Crippen LogP contribution in [0.3, 0.4) is 0 Å². The number of aryl methyl sites for hydroxylation is 2. The number of aromatic nitrogens is 3. The third-order valence-corrected chi connectivity index (χ3v) is 5.25. The number of pyridine rings is 1. The molecule has 0 aliphatic heterocycles. The molecule has 0 amide bonds. The van der Waals surface area contributed by atoms with E-state index in [1.165, 1.54) is 34.9 Å². The van der Waals surface area contributed by atoms with Gasteiger partial charge in [0.2, 0.25) is 0 Å². The predicted molar refractivity (Wildman–Crippen MR) is 86.8 cm³/mol. The first-order valence-corrected chi connectivity index (χ1v) is 8.30. The minimum Gasteiger partial charge on any atom is -0.619 e. The van der Waals surface area contributed by atoms with E-state index in [1.807, 2.05) is 6.07 Å². The molecule has 1 aliphatic carbocycles. The Balaban J connectivity index is 1.68. The summed E-state index contributed by atoms with van der Waals surface area (Å²) in [5, 5.41) is 15.9. The van der Waals surface area contributed by atoms with Gasteiger partial charge in [0.25, 0.3) is 0 Å². The summed E-state index contributed by atoms with van der Waals surface area (Å²) in [7, 11) is 0. The van der Waals surface area contributed by atoms with Crippen molar-refractivity contribution in [2.75, 3.05) is 5.32 Å². The van der Waals surface area contributed by atoms with Gasteiger partial charge in [0.15, 0.2) is 12.4 Å². The van der Waals surface area contributed by atoms with Crippen LogP contribution >= 0.6 is 11.3 Å². The first kappa shape index (κ1) is 13.5. The van der Waals surface area contributed by atoms with Crippen LogP contribution in [0.4, 0.5) is 5.82 Å². The average Bonchev–Trinajstić information content (AvgIpc) is 2.92. The second-order valence-corrected chi connectivity index (χ2v) is 6.62. The fourth-order valence-corrected chi connectivity index (χ4v) is 4.24. The Labute approximate surface area is 132 Å². The molecular formula is C16H16N4OS. The molecule has 4 rings (SSSR count). The largest absolute Gasteiger partial charge is 0.619 e. The molecule has 0 aromatic carbocycles. The van der Waals surface area contributed by atoms with Gasteiger partial charge in [-0.15, -0.1) is 11.3 Å². The summed E-state index contributed by atoms with van der Waals surface area (Å²) in [6.07, 6.45) is 9.46. The zero-order valence-electron chi connectivity index (χ0n) is 12.1. The molecule has 1 aliphatic rings. The molecule has 0 atom stereocenters. The zero-order valence-corrected chi connectivity index (χ0v) is 12.9. The van der Waals surface area contributed by atoms with E-state index < -0.39 is 0 Å². The summed E-state index contributed by atoms with van der Waals surface area (Å²) >= 11 is 1.79. The molecule has 3 aromatic heterocycles. The number of nitrogens with one attached hydrogen (secondary N) is 1. The monoisotopic (exact) mass is 312 g/mol. The molecule has 1 N–H and O–H groups in total. The van der Waals surface area contributed by atoms with Crippen molar-refractivity contribution in [2.24, 2.45) is 0 Å². The Bertz CT molecular complexity index is 830. The van der Waals surface area contributed by atoms with E-state index in [4.69, 9.17) is 0 Å². The first-order chi connectivity index (χ1) is 10.8. The van der Waals surface area contributed by atoms with E-state index in [9.17, 15) is 5.21 Å². The quantitative estimate of drug-likeness (QED) is 0.596. The van der Waals surface area contributed by atoms with E-state index in [1.54, 1.807) is 29.9 Å². The molecule has 112 valence electrons. The van der Waals surface area contributed by atoms with Gasteiger partial charge in [-0.2, -0.15) is 4.73 Å². The number of anilines is 1. The van der Waals surface area contributed by atoms with Crippen LogP contribution in [0.2, 0.25) is 0 Å². The standard InChI is InChI=1S/C16H16N4OS/c21-20-7-3-4-11(9-20)8-17-15-14-12-5-1-2-6-13(12)22-16(14)19-10-18-15/h3-4,7,9-10H,1-2,5-6,8H2,(H,17,18,19). The molecule has 22 heavy (non-hydrogen) atoms. The molecular weight excluding hydrogens is 296 g/mol. The lowest BCUT2D eigenvalue weighted by Crippen LogP contribution is -2.25. The van der Waals surface area contributed by atoms with Gasteiger partial charge < -0.3 is 10.5 Å². The fourth-order valence-electron chi connectivity index (χ4n) is 3.02. The molecule has 0 saturated carbocycles. The molecule has 5 nitrogen and oxygen atoms in total. The Morgan fingerprint density at radius 3 is 3.09 bits per heavy atom. The molecule has 0 radical (unpaired) electrons. The molecule has 0 fully saturated rings. The zero-order chi connectivity index (χ0) is 14.9. The average molecular weight is 312 g/mol. The summed E-state index contributed by atoms with van der Waals surface area (Å²) in [6.45, 7) is 0.583. The lowest BCUT2D eigenvalue weighted by Gasteiger charge is -2.12. The summed E-state index contributed by atoms with van der Waals surface area (Å²) in [4.78, 5) is 11.4. The third kappa shape index (κ3) is 2.39. The van der Waals surface area contributed by atoms with Crippen molar-refractivity contribution in [3.8, 4) is 0 Å². The number of thiophene rings is 1. The van der Waals surface area contributed by atoms with Crippen molar-refractivity contribution in [3.05, 3.63) is 52.1 Å². The van der Waals surface area contributed by atoms with Crippen molar-refractivity contribution < 1.29 is 4.73 Å². The minimum atomic E-state index is 0.583. The molecule has 0 saturated heterocycles. The van der Waals surface area contributed by atoms with Crippen LogP contribution in [-0.2, 0) is 19.4 Å². The van der Waals surface area contributed by atoms with Gasteiger partial charge >= 0.3 is 0 Å². The Morgan fingerprint density at radius 1 is 1.27 bits per heavy atom. The predicted octanol–water partition coefficient (Wildman–Crippen LogP) is 2.82. The van der Waals surface area contributed by atoms with Crippen LogP contribution in [0.5, 0.6) is 0 Å². The Kier molecular flexibility index (Phi) is 3.38. The molecule has 6 heteroatoms. The van der Waals surface area contributed by atoms with Crippen molar-refractivity contribution in [3.63, 3.8) is 0 Å². The smallest absolute Gasteiger partial charge is 0.185 e. The molecule has 3 heterocycles. The summed E-state index contributed by atoms with van der Waals surface area (Å²) in [6, 6.07) is 3.69. The van der Waals surface area contributed by atoms with E-state index in [0.29, 0.717) is 6.54 Å². The second-order valence-electron chi connectivity index (χ2n) is 5.54. The molecule has 0 unspecified atom stereocenters. The lowest BCUT2D eigenvalue weighted by atomic mass is 9.97. The maximum absolute atomic E-state index is 11.3. The van der Waals surface area contributed by atoms with Gasteiger partial charge in [-0.05, 0) is 37.3 Å². The highest BCUT2D eigenvalue weighted by Crippen LogP contribution is 2.38. The summed E-state index contributed by atoms with van der Waals surface area (Å²) in [5.74, 6) is 0.880. The fraction of sp³-hybridized carbons (Fsp3) is 0.312. The number of hydrogen-bond acceptors (Lipinski definition) is 5. The summed E-state index contributed by atoms with van der Waals surface area (Å²) in [5.41, 5.74) is 2.36. The number of hydrogen-bond donors (Lipinski definition) is 1. The van der Waals surface area contributed by atoms with Crippen molar-refractivity contribution in [1.29, 1.82) is 0 Å². The maximum atomic E-state index is 11.3. The normalized spacial score (nSPS) is 14.0. The van der Waals surface area contributed by atoms with Crippen LogP contribution in [0.25, 0.3) is 10.2 Å². The summed E-state index contributed by atoms with van der Waals surface area (Å²) < 4.78 is 0.818. The highest BCUT2D eigenvalue weighted by molar-refractivity contribution is 7.19. The molecule has 0 bridgehead atoms. The maximum Gasteiger partial charge on any atom is 0.185 e. The highest BCUT2D eigenvalue weighted by Gasteiger charge is 2.19. The van der Waals surface area contributed by atoms with Crippen LogP contribution in [0.1, 0.15) is 28.8 Å². The topological polar surface area (TPSA) is 64.8 Å². The molecule has 0 spiro atoms. The third-order valence-electron chi connectivity index (χ3n) is 4.05.